The van der Waals surface area contributed by atoms with Gasteiger partial charge in [-0.05, 0) is 36.2 Å². The summed E-state index contributed by atoms with van der Waals surface area (Å²) in [5.74, 6) is 1.97. The minimum absolute atomic E-state index is 0.0370. The largest absolute Gasteiger partial charge is 0.493 e. The summed E-state index contributed by atoms with van der Waals surface area (Å²) < 4.78 is 5.52. The standard InChI is InChI=1S/C23H24N4O2S/c1-2-18-14-19-22(24-15-25-23(19)30-18)27-10-8-26(9-11-27)7-5-20(28)16-3-4-21-17(13-16)6-12-29-21/h3-5,7,13-15H,2,6,8-12H2,1H3. The van der Waals surface area contributed by atoms with E-state index in [9.17, 15) is 4.79 Å². The van der Waals surface area contributed by atoms with Crippen LogP contribution in [-0.2, 0) is 12.8 Å². The first-order chi connectivity index (χ1) is 14.7. The molecular weight excluding hydrogens is 396 g/mol. The van der Waals surface area contributed by atoms with Crippen molar-refractivity contribution in [1.82, 2.24) is 14.9 Å². The van der Waals surface area contributed by atoms with Crippen molar-refractivity contribution in [3.8, 4) is 5.75 Å². The van der Waals surface area contributed by atoms with Crippen molar-refractivity contribution in [3.05, 3.63) is 58.9 Å². The maximum absolute atomic E-state index is 12.6. The van der Waals surface area contributed by atoms with Crippen LogP contribution in [0.5, 0.6) is 5.75 Å². The number of aromatic nitrogens is 2. The summed E-state index contributed by atoms with van der Waals surface area (Å²) in [6, 6.07) is 7.93. The summed E-state index contributed by atoms with van der Waals surface area (Å²) in [5, 5.41) is 1.15. The number of anilines is 1. The number of benzene rings is 1. The van der Waals surface area contributed by atoms with Crippen LogP contribution in [0.4, 0.5) is 5.82 Å². The van der Waals surface area contributed by atoms with Crippen molar-refractivity contribution in [3.63, 3.8) is 0 Å². The smallest absolute Gasteiger partial charge is 0.187 e. The van der Waals surface area contributed by atoms with Crippen molar-refractivity contribution in [2.45, 2.75) is 19.8 Å². The number of ketones is 1. The molecule has 2 aromatic heterocycles. The van der Waals surface area contributed by atoms with Gasteiger partial charge in [-0.3, -0.25) is 4.79 Å². The van der Waals surface area contributed by atoms with Gasteiger partial charge in [-0.1, -0.05) is 6.92 Å². The number of hydrogen-bond donors (Lipinski definition) is 0. The van der Waals surface area contributed by atoms with Crippen molar-refractivity contribution < 1.29 is 9.53 Å². The molecule has 1 saturated heterocycles. The van der Waals surface area contributed by atoms with E-state index in [4.69, 9.17) is 4.74 Å². The van der Waals surface area contributed by atoms with Crippen LogP contribution in [0.3, 0.4) is 0 Å². The van der Waals surface area contributed by atoms with Gasteiger partial charge in [0.1, 0.15) is 22.7 Å². The van der Waals surface area contributed by atoms with Crippen LogP contribution < -0.4 is 9.64 Å². The minimum Gasteiger partial charge on any atom is -0.493 e. The molecule has 0 bridgehead atoms. The summed E-state index contributed by atoms with van der Waals surface area (Å²) >= 11 is 1.75. The molecule has 1 fully saturated rings. The Hall–Kier alpha value is -2.93. The number of carbonyl (C=O) groups is 1. The van der Waals surface area contributed by atoms with Gasteiger partial charge >= 0.3 is 0 Å². The second-order valence-corrected chi connectivity index (χ2v) is 8.72. The molecule has 5 rings (SSSR count). The zero-order valence-electron chi connectivity index (χ0n) is 17.0. The fourth-order valence-electron chi connectivity index (χ4n) is 4.01. The van der Waals surface area contributed by atoms with E-state index in [0.29, 0.717) is 6.61 Å². The molecule has 0 radical (unpaired) electrons. The molecule has 0 aliphatic carbocycles. The Morgan fingerprint density at radius 1 is 1.20 bits per heavy atom. The molecule has 154 valence electrons. The highest BCUT2D eigenvalue weighted by atomic mass is 32.1. The summed E-state index contributed by atoms with van der Waals surface area (Å²) in [4.78, 5) is 28.5. The number of nitrogens with zero attached hydrogens (tertiary/aromatic N) is 4. The number of ether oxygens (including phenoxy) is 1. The lowest BCUT2D eigenvalue weighted by Gasteiger charge is -2.35. The van der Waals surface area contributed by atoms with Gasteiger partial charge in [0.25, 0.3) is 0 Å². The van der Waals surface area contributed by atoms with Crippen LogP contribution in [0.2, 0.25) is 0 Å². The highest BCUT2D eigenvalue weighted by molar-refractivity contribution is 7.18. The molecule has 0 N–H and O–H groups in total. The number of carbonyl (C=O) groups excluding carboxylic acids is 1. The van der Waals surface area contributed by atoms with Crippen LogP contribution in [0.25, 0.3) is 10.2 Å². The highest BCUT2D eigenvalue weighted by Gasteiger charge is 2.20. The van der Waals surface area contributed by atoms with Gasteiger partial charge in [-0.2, -0.15) is 0 Å². The molecule has 2 aliphatic heterocycles. The van der Waals surface area contributed by atoms with Crippen LogP contribution in [0, 0.1) is 0 Å². The van der Waals surface area contributed by atoms with Gasteiger partial charge in [0.05, 0.1) is 12.0 Å². The SMILES string of the molecule is CCc1cc2c(N3CCN(C=CC(=O)c4ccc5c(c4)CCO5)CC3)ncnc2s1. The molecule has 3 aromatic rings. The van der Waals surface area contributed by atoms with E-state index in [-0.39, 0.29) is 5.78 Å². The van der Waals surface area contributed by atoms with E-state index >= 15 is 0 Å². The Morgan fingerprint density at radius 3 is 2.90 bits per heavy atom. The van der Waals surface area contributed by atoms with Gasteiger partial charge in [-0.15, -0.1) is 11.3 Å². The fraction of sp³-hybridized carbons (Fsp3) is 0.348. The minimum atomic E-state index is 0.0370. The first-order valence-corrected chi connectivity index (χ1v) is 11.2. The third-order valence-electron chi connectivity index (χ3n) is 5.73. The van der Waals surface area contributed by atoms with Crippen LogP contribution in [0.1, 0.15) is 27.7 Å². The average molecular weight is 421 g/mol. The molecule has 1 aromatic carbocycles. The summed E-state index contributed by atoms with van der Waals surface area (Å²) in [5.41, 5.74) is 1.85. The molecule has 4 heterocycles. The van der Waals surface area contributed by atoms with Crippen LogP contribution in [0.15, 0.2) is 42.9 Å². The molecular formula is C23H24N4O2S. The van der Waals surface area contributed by atoms with Crippen molar-refractivity contribution in [2.75, 3.05) is 37.7 Å². The predicted molar refractivity (Wildman–Crippen MR) is 120 cm³/mol. The third kappa shape index (κ3) is 3.65. The van der Waals surface area contributed by atoms with Crippen molar-refractivity contribution in [1.29, 1.82) is 0 Å². The molecule has 6 nitrogen and oxygen atoms in total. The molecule has 0 atom stereocenters. The first kappa shape index (κ1) is 19.1. The predicted octanol–water partition coefficient (Wildman–Crippen LogP) is 3.71. The Labute approximate surface area is 179 Å². The van der Waals surface area contributed by atoms with Gasteiger partial charge in [0, 0.05) is 55.3 Å². The van der Waals surface area contributed by atoms with E-state index in [2.05, 4.69) is 32.8 Å². The second kappa shape index (κ2) is 8.07. The lowest BCUT2D eigenvalue weighted by Crippen LogP contribution is -2.44. The number of rotatable bonds is 5. The van der Waals surface area contributed by atoms with E-state index in [1.165, 1.54) is 4.88 Å². The molecule has 0 spiro atoms. The lowest BCUT2D eigenvalue weighted by molar-refractivity contribution is 0.104. The summed E-state index contributed by atoms with van der Waals surface area (Å²) in [6.45, 7) is 6.34. The topological polar surface area (TPSA) is 58.6 Å². The summed E-state index contributed by atoms with van der Waals surface area (Å²) in [6.07, 6.45) is 7.17. The van der Waals surface area contributed by atoms with Gasteiger partial charge in [-0.25, -0.2) is 9.97 Å². The van der Waals surface area contributed by atoms with Crippen molar-refractivity contribution in [2.24, 2.45) is 0 Å². The number of allylic oxidation sites excluding steroid dienone is 1. The fourth-order valence-corrected chi connectivity index (χ4v) is 4.94. The van der Waals surface area contributed by atoms with E-state index < -0.39 is 0 Å². The molecule has 30 heavy (non-hydrogen) atoms. The Balaban J connectivity index is 1.23. The molecule has 7 heteroatoms. The summed E-state index contributed by atoms with van der Waals surface area (Å²) in [7, 11) is 0. The number of fused-ring (bicyclic) bond motifs is 2. The average Bonchev–Trinajstić information content (AvgIpc) is 3.43. The quantitative estimate of drug-likeness (QED) is 0.463. The first-order valence-electron chi connectivity index (χ1n) is 10.4. The highest BCUT2D eigenvalue weighted by Crippen LogP contribution is 2.31. The normalized spacial score (nSPS) is 16.3. The second-order valence-electron chi connectivity index (χ2n) is 7.61. The maximum Gasteiger partial charge on any atom is 0.187 e. The number of thiophene rings is 1. The zero-order valence-corrected chi connectivity index (χ0v) is 17.8. The van der Waals surface area contributed by atoms with Gasteiger partial charge < -0.3 is 14.5 Å². The molecule has 0 amide bonds. The lowest BCUT2D eigenvalue weighted by atomic mass is 10.1. The zero-order chi connectivity index (χ0) is 20.5. The number of aryl methyl sites for hydroxylation is 1. The number of piperazine rings is 1. The van der Waals surface area contributed by atoms with E-state index in [1.807, 2.05) is 24.4 Å². The van der Waals surface area contributed by atoms with Gasteiger partial charge in [0.15, 0.2) is 5.78 Å². The molecule has 0 unspecified atom stereocenters. The Morgan fingerprint density at radius 2 is 2.07 bits per heavy atom. The number of hydrogen-bond acceptors (Lipinski definition) is 7. The van der Waals surface area contributed by atoms with Crippen LogP contribution >= 0.6 is 11.3 Å². The Kier molecular flexibility index (Phi) is 5.12. The third-order valence-corrected chi connectivity index (χ3v) is 6.92. The van der Waals surface area contributed by atoms with Crippen molar-refractivity contribution >= 4 is 33.2 Å². The van der Waals surface area contributed by atoms with Gasteiger partial charge in [0.2, 0.25) is 0 Å². The monoisotopic (exact) mass is 420 g/mol. The van der Waals surface area contributed by atoms with E-state index in [1.54, 1.807) is 23.7 Å². The molecule has 0 saturated carbocycles. The Bertz CT molecular complexity index is 1120. The van der Waals surface area contributed by atoms with E-state index in [0.717, 1.165) is 71.9 Å². The maximum atomic E-state index is 12.6. The van der Waals surface area contributed by atoms with Crippen LogP contribution in [-0.4, -0.2) is 53.4 Å². The molecule has 2 aliphatic rings.